The molecule has 0 aliphatic carbocycles. The first kappa shape index (κ1) is 9.14. The lowest BCUT2D eigenvalue weighted by atomic mass is 10.3. The molecule has 5 nitrogen and oxygen atoms in total. The average molecular weight is 213 g/mol. The molecule has 0 spiro atoms. The van der Waals surface area contributed by atoms with Gasteiger partial charge in [-0.25, -0.2) is 9.59 Å². The molecule has 0 radical (unpaired) electrons. The van der Waals surface area contributed by atoms with Crippen LogP contribution in [0.2, 0.25) is 0 Å². The number of carboxylic acid groups (broad SMARTS) is 2. The second kappa shape index (κ2) is 3.06. The minimum Gasteiger partial charge on any atom is -0.478 e. The van der Waals surface area contributed by atoms with Crippen molar-refractivity contribution in [3.8, 4) is 0 Å². The van der Waals surface area contributed by atoms with Gasteiger partial charge in [0.05, 0.1) is 10.6 Å². The maximum Gasteiger partial charge on any atom is 0.352 e. The van der Waals surface area contributed by atoms with Crippen molar-refractivity contribution in [3.63, 3.8) is 0 Å². The van der Waals surface area contributed by atoms with Crippen molar-refractivity contribution >= 4 is 23.7 Å². The van der Waals surface area contributed by atoms with Crippen LogP contribution in [-0.4, -0.2) is 32.5 Å². The molecule has 0 saturated heterocycles. The summed E-state index contributed by atoms with van der Waals surface area (Å²) in [5.74, 6) is -1.42. The predicted molar refractivity (Wildman–Crippen MR) is 49.1 cm³/mol. The van der Waals surface area contributed by atoms with Gasteiger partial charge in [0.1, 0.15) is 5.69 Å². The Morgan fingerprint density at radius 2 is 2.07 bits per heavy atom. The van der Waals surface area contributed by atoms with Gasteiger partial charge in [-0.05, 0) is 6.07 Å². The summed E-state index contributed by atoms with van der Waals surface area (Å²) in [6.45, 7) is 0.564. The van der Waals surface area contributed by atoms with Gasteiger partial charge in [0.15, 0.2) is 0 Å². The Hall–Kier alpha value is -1.43. The molecule has 1 aliphatic heterocycles. The Bertz CT molecular complexity index is 387. The van der Waals surface area contributed by atoms with E-state index in [-0.39, 0.29) is 11.3 Å². The highest BCUT2D eigenvalue weighted by molar-refractivity contribution is 7.99. The van der Waals surface area contributed by atoms with E-state index in [0.29, 0.717) is 11.6 Å². The first-order valence-electron chi connectivity index (χ1n) is 3.94. The van der Waals surface area contributed by atoms with Crippen molar-refractivity contribution in [2.45, 2.75) is 11.6 Å². The zero-order valence-corrected chi connectivity index (χ0v) is 7.87. The van der Waals surface area contributed by atoms with Gasteiger partial charge >= 0.3 is 11.9 Å². The van der Waals surface area contributed by atoms with Crippen LogP contribution >= 0.6 is 11.8 Å². The number of hydrogen-bond acceptors (Lipinski definition) is 3. The normalized spacial score (nSPS) is 14.0. The molecule has 0 unspecified atom stereocenters. The topological polar surface area (TPSA) is 79.5 Å². The smallest absolute Gasteiger partial charge is 0.352 e. The summed E-state index contributed by atoms with van der Waals surface area (Å²) >= 11 is 1.38. The Morgan fingerprint density at radius 1 is 1.36 bits per heavy atom. The van der Waals surface area contributed by atoms with Gasteiger partial charge in [-0.1, -0.05) is 0 Å². The molecule has 2 N–H and O–H groups in total. The molecule has 6 heteroatoms. The highest BCUT2D eigenvalue weighted by atomic mass is 32.2. The molecule has 0 fully saturated rings. The molecule has 0 bridgehead atoms. The quantitative estimate of drug-likeness (QED) is 0.765. The summed E-state index contributed by atoms with van der Waals surface area (Å²) in [6.07, 6.45) is 0. The molecule has 1 aromatic rings. The third-order valence-corrected chi connectivity index (χ3v) is 3.15. The van der Waals surface area contributed by atoms with E-state index < -0.39 is 11.9 Å². The van der Waals surface area contributed by atoms with E-state index in [9.17, 15) is 9.59 Å². The van der Waals surface area contributed by atoms with Crippen molar-refractivity contribution in [1.82, 2.24) is 4.57 Å². The van der Waals surface area contributed by atoms with Crippen molar-refractivity contribution in [2.75, 3.05) is 5.75 Å². The van der Waals surface area contributed by atoms with Crippen LogP contribution in [-0.2, 0) is 6.54 Å². The minimum atomic E-state index is -1.08. The molecule has 0 saturated carbocycles. The maximum atomic E-state index is 10.8. The van der Waals surface area contributed by atoms with Gasteiger partial charge in [-0.3, -0.25) is 0 Å². The third-order valence-electron chi connectivity index (χ3n) is 2.05. The van der Waals surface area contributed by atoms with E-state index >= 15 is 0 Å². The molecular weight excluding hydrogens is 206 g/mol. The van der Waals surface area contributed by atoms with Crippen LogP contribution in [0.25, 0.3) is 0 Å². The number of thioether (sulfide) groups is 1. The fourth-order valence-electron chi connectivity index (χ4n) is 1.47. The number of rotatable bonds is 2. The zero-order chi connectivity index (χ0) is 10.3. The Morgan fingerprint density at radius 3 is 2.64 bits per heavy atom. The van der Waals surface area contributed by atoms with Crippen LogP contribution in [0, 0.1) is 0 Å². The first-order chi connectivity index (χ1) is 6.61. The highest BCUT2D eigenvalue weighted by Gasteiger charge is 2.26. The second-order valence-corrected chi connectivity index (χ2v) is 3.94. The van der Waals surface area contributed by atoms with Crippen molar-refractivity contribution in [3.05, 3.63) is 17.3 Å². The second-order valence-electron chi connectivity index (χ2n) is 2.86. The van der Waals surface area contributed by atoms with E-state index in [1.165, 1.54) is 22.4 Å². The van der Waals surface area contributed by atoms with Crippen LogP contribution in [0.4, 0.5) is 0 Å². The molecule has 0 amide bonds. The maximum absolute atomic E-state index is 10.8. The lowest BCUT2D eigenvalue weighted by Crippen LogP contribution is -2.06. The fourth-order valence-corrected chi connectivity index (χ4v) is 2.59. The van der Waals surface area contributed by atoms with Gasteiger partial charge in [-0.15, -0.1) is 11.8 Å². The molecular formula is C8H7NO4S. The summed E-state index contributed by atoms with van der Waals surface area (Å²) in [6, 6.07) is 1.21. The summed E-state index contributed by atoms with van der Waals surface area (Å²) in [4.78, 5) is 21.6. The van der Waals surface area contributed by atoms with Gasteiger partial charge in [0.2, 0.25) is 0 Å². The minimum absolute atomic E-state index is 0.0578. The van der Waals surface area contributed by atoms with Crippen LogP contribution in [0.1, 0.15) is 20.8 Å². The number of hydrogen-bond donors (Lipinski definition) is 2. The zero-order valence-electron chi connectivity index (χ0n) is 7.06. The predicted octanol–water partition coefficient (Wildman–Crippen LogP) is 0.990. The molecule has 1 aliphatic rings. The highest BCUT2D eigenvalue weighted by Crippen LogP contribution is 2.32. The number of aromatic nitrogens is 1. The first-order valence-corrected chi connectivity index (χ1v) is 4.92. The molecule has 2 heterocycles. The molecule has 74 valence electrons. The van der Waals surface area contributed by atoms with Gasteiger partial charge in [-0.2, -0.15) is 0 Å². The lowest BCUT2D eigenvalue weighted by molar-refractivity contribution is 0.0679. The molecule has 0 aromatic carbocycles. The summed E-state index contributed by atoms with van der Waals surface area (Å²) in [7, 11) is 0. The number of carboxylic acids is 2. The molecule has 14 heavy (non-hydrogen) atoms. The van der Waals surface area contributed by atoms with Crippen molar-refractivity contribution < 1.29 is 19.8 Å². The van der Waals surface area contributed by atoms with Gasteiger partial charge < -0.3 is 14.8 Å². The summed E-state index contributed by atoms with van der Waals surface area (Å²) < 4.78 is 1.54. The van der Waals surface area contributed by atoms with E-state index in [0.717, 1.165) is 5.75 Å². The van der Waals surface area contributed by atoms with Crippen molar-refractivity contribution in [2.24, 2.45) is 0 Å². The van der Waals surface area contributed by atoms with E-state index in [4.69, 9.17) is 10.2 Å². The van der Waals surface area contributed by atoms with Crippen LogP contribution in [0.15, 0.2) is 11.1 Å². The third kappa shape index (κ3) is 1.19. The van der Waals surface area contributed by atoms with Crippen LogP contribution in [0.3, 0.4) is 0 Å². The van der Waals surface area contributed by atoms with Gasteiger partial charge in [0, 0.05) is 12.3 Å². The molecule has 2 rings (SSSR count). The number of carbonyl (C=O) groups is 2. The lowest BCUT2D eigenvalue weighted by Gasteiger charge is -1.98. The summed E-state index contributed by atoms with van der Waals surface area (Å²) in [5.41, 5.74) is 0.146. The Kier molecular flexibility index (Phi) is 1.99. The fraction of sp³-hybridized carbons (Fsp3) is 0.250. The molecule has 0 atom stereocenters. The summed E-state index contributed by atoms with van der Waals surface area (Å²) in [5, 5.41) is 18.2. The van der Waals surface area contributed by atoms with E-state index in [1.54, 1.807) is 0 Å². The Labute approximate surface area is 83.3 Å². The number of fused-ring (bicyclic) bond motifs is 1. The van der Waals surface area contributed by atoms with Crippen molar-refractivity contribution in [1.29, 1.82) is 0 Å². The van der Waals surface area contributed by atoms with Crippen LogP contribution < -0.4 is 0 Å². The Balaban J connectivity index is 2.60. The largest absolute Gasteiger partial charge is 0.478 e. The van der Waals surface area contributed by atoms with Gasteiger partial charge in [0.25, 0.3) is 0 Å². The molecule has 1 aromatic heterocycles. The van der Waals surface area contributed by atoms with Crippen LogP contribution in [0.5, 0.6) is 0 Å². The average Bonchev–Trinajstić information content (AvgIpc) is 2.59. The van der Waals surface area contributed by atoms with E-state index in [2.05, 4.69) is 0 Å². The standard InChI is InChI=1S/C8H7NO4S/c10-7(11)4-3-5(8(12)13)9-1-2-14-6(4)9/h3H,1-2H2,(H,10,11)(H,12,13). The number of aromatic carboxylic acids is 2. The monoisotopic (exact) mass is 213 g/mol. The van der Waals surface area contributed by atoms with E-state index in [1.807, 2.05) is 0 Å². The number of nitrogens with zero attached hydrogens (tertiary/aromatic N) is 1. The SMILES string of the molecule is O=C(O)c1cc(C(=O)O)n2c1SCC2.